The van der Waals surface area contributed by atoms with Crippen LogP contribution in [-0.4, -0.2) is 9.55 Å². The molecule has 0 atom stereocenters. The lowest BCUT2D eigenvalue weighted by Crippen LogP contribution is -1.93. The minimum Gasteiger partial charge on any atom is -0.448 e. The van der Waals surface area contributed by atoms with Crippen molar-refractivity contribution in [2.75, 3.05) is 0 Å². The van der Waals surface area contributed by atoms with Crippen molar-refractivity contribution < 1.29 is 4.42 Å². The second-order valence-corrected chi connectivity index (χ2v) is 4.10. The predicted molar refractivity (Wildman–Crippen MR) is 70.6 cm³/mol. The Hall–Kier alpha value is -2.29. The fraction of sp³-hybridized carbons (Fsp3) is 0.133. The molecule has 18 heavy (non-hydrogen) atoms. The van der Waals surface area contributed by atoms with Crippen LogP contribution in [0.2, 0.25) is 0 Å². The van der Waals surface area contributed by atoms with Crippen molar-refractivity contribution >= 4 is 0 Å². The van der Waals surface area contributed by atoms with Crippen LogP contribution >= 0.6 is 0 Å². The topological polar surface area (TPSA) is 31.0 Å². The summed E-state index contributed by atoms with van der Waals surface area (Å²) in [5, 5.41) is 0. The Morgan fingerprint density at radius 3 is 2.61 bits per heavy atom. The van der Waals surface area contributed by atoms with E-state index in [1.807, 2.05) is 41.1 Å². The molecule has 3 aromatic rings. The summed E-state index contributed by atoms with van der Waals surface area (Å²) in [4.78, 5) is 4.66. The number of aromatic nitrogens is 2. The lowest BCUT2D eigenvalue weighted by atomic mass is 10.2. The van der Waals surface area contributed by atoms with Gasteiger partial charge >= 0.3 is 0 Å². The molecule has 90 valence electrons. The van der Waals surface area contributed by atoms with Gasteiger partial charge in [-0.3, -0.25) is 4.57 Å². The molecule has 0 aliphatic rings. The SMILES string of the molecule is CCc1cn(-c2ccco2)c(-c2ccccc2)n1. The van der Waals surface area contributed by atoms with Crippen LogP contribution in [-0.2, 0) is 6.42 Å². The van der Waals surface area contributed by atoms with E-state index in [4.69, 9.17) is 4.42 Å². The highest BCUT2D eigenvalue weighted by atomic mass is 16.3. The van der Waals surface area contributed by atoms with Crippen molar-refractivity contribution in [3.63, 3.8) is 0 Å². The lowest BCUT2D eigenvalue weighted by molar-refractivity contribution is 0.540. The van der Waals surface area contributed by atoms with E-state index in [0.29, 0.717) is 0 Å². The van der Waals surface area contributed by atoms with Crippen LogP contribution in [0.3, 0.4) is 0 Å². The number of benzene rings is 1. The van der Waals surface area contributed by atoms with E-state index in [0.717, 1.165) is 29.4 Å². The van der Waals surface area contributed by atoms with E-state index in [2.05, 4.69) is 24.0 Å². The van der Waals surface area contributed by atoms with E-state index < -0.39 is 0 Å². The summed E-state index contributed by atoms with van der Waals surface area (Å²) in [7, 11) is 0. The molecule has 0 aliphatic heterocycles. The van der Waals surface area contributed by atoms with Crippen LogP contribution in [0.5, 0.6) is 0 Å². The van der Waals surface area contributed by atoms with Crippen LogP contribution in [0, 0.1) is 0 Å². The Bertz CT molecular complexity index is 624. The highest BCUT2D eigenvalue weighted by molar-refractivity contribution is 5.58. The third-order valence-electron chi connectivity index (χ3n) is 2.89. The maximum atomic E-state index is 5.46. The van der Waals surface area contributed by atoms with Gasteiger partial charge in [0.25, 0.3) is 0 Å². The molecule has 0 amide bonds. The zero-order valence-corrected chi connectivity index (χ0v) is 10.2. The summed E-state index contributed by atoms with van der Waals surface area (Å²) >= 11 is 0. The first-order valence-electron chi connectivity index (χ1n) is 6.06. The molecular formula is C15H14N2O. The highest BCUT2D eigenvalue weighted by Crippen LogP contribution is 2.23. The summed E-state index contributed by atoms with van der Waals surface area (Å²) in [6.45, 7) is 2.10. The standard InChI is InChI=1S/C15H14N2O/c1-2-13-11-17(14-9-6-10-18-14)15(16-13)12-7-4-3-5-8-12/h3-11H,2H2,1H3. The second kappa shape index (κ2) is 4.53. The zero-order chi connectivity index (χ0) is 12.4. The molecule has 3 heteroatoms. The van der Waals surface area contributed by atoms with Gasteiger partial charge in [-0.2, -0.15) is 0 Å². The van der Waals surface area contributed by atoms with E-state index in [9.17, 15) is 0 Å². The van der Waals surface area contributed by atoms with Gasteiger partial charge in [0.05, 0.1) is 12.0 Å². The number of hydrogen-bond acceptors (Lipinski definition) is 2. The van der Waals surface area contributed by atoms with Gasteiger partial charge in [-0.05, 0) is 12.5 Å². The molecule has 2 aromatic heterocycles. The molecule has 3 rings (SSSR count). The highest BCUT2D eigenvalue weighted by Gasteiger charge is 2.11. The largest absolute Gasteiger partial charge is 0.448 e. The molecule has 2 heterocycles. The minimum absolute atomic E-state index is 0.793. The monoisotopic (exact) mass is 238 g/mol. The van der Waals surface area contributed by atoms with E-state index in [1.165, 1.54) is 0 Å². The zero-order valence-electron chi connectivity index (χ0n) is 10.2. The molecule has 0 radical (unpaired) electrons. The summed E-state index contributed by atoms with van der Waals surface area (Å²) < 4.78 is 7.46. The van der Waals surface area contributed by atoms with Crippen molar-refractivity contribution in [3.8, 4) is 17.3 Å². The molecule has 0 fully saturated rings. The summed E-state index contributed by atoms with van der Waals surface area (Å²) in [6, 6.07) is 14.0. The smallest absolute Gasteiger partial charge is 0.204 e. The van der Waals surface area contributed by atoms with Gasteiger partial charge in [-0.25, -0.2) is 4.98 Å². The number of rotatable bonds is 3. The second-order valence-electron chi connectivity index (χ2n) is 4.10. The average molecular weight is 238 g/mol. The van der Waals surface area contributed by atoms with E-state index in [1.54, 1.807) is 6.26 Å². The molecular weight excluding hydrogens is 224 g/mol. The van der Waals surface area contributed by atoms with Gasteiger partial charge in [0.15, 0.2) is 0 Å². The van der Waals surface area contributed by atoms with Crippen molar-refractivity contribution in [1.29, 1.82) is 0 Å². The van der Waals surface area contributed by atoms with E-state index in [-0.39, 0.29) is 0 Å². The van der Waals surface area contributed by atoms with Crippen LogP contribution in [0.25, 0.3) is 17.3 Å². The maximum absolute atomic E-state index is 5.46. The van der Waals surface area contributed by atoms with E-state index >= 15 is 0 Å². The number of furan rings is 1. The summed E-state index contributed by atoms with van der Waals surface area (Å²) in [5.74, 6) is 1.71. The quantitative estimate of drug-likeness (QED) is 0.696. The first-order valence-corrected chi connectivity index (χ1v) is 6.06. The molecule has 0 aliphatic carbocycles. The number of nitrogens with zero attached hydrogens (tertiary/aromatic N) is 2. The van der Waals surface area contributed by atoms with Gasteiger partial charge in [0, 0.05) is 17.8 Å². The lowest BCUT2D eigenvalue weighted by Gasteiger charge is -2.03. The van der Waals surface area contributed by atoms with Crippen LogP contribution in [0.1, 0.15) is 12.6 Å². The van der Waals surface area contributed by atoms with Gasteiger partial charge < -0.3 is 4.42 Å². The Labute approximate surface area is 106 Å². The Balaban J connectivity index is 2.17. The van der Waals surface area contributed by atoms with Crippen LogP contribution in [0.15, 0.2) is 59.3 Å². The number of imidazole rings is 1. The first-order chi connectivity index (χ1) is 8.88. The molecule has 3 nitrogen and oxygen atoms in total. The van der Waals surface area contributed by atoms with Gasteiger partial charge in [-0.1, -0.05) is 37.3 Å². The van der Waals surface area contributed by atoms with Crippen molar-refractivity contribution in [1.82, 2.24) is 9.55 Å². The predicted octanol–water partition coefficient (Wildman–Crippen LogP) is 3.69. The summed E-state index contributed by atoms with van der Waals surface area (Å²) in [6.07, 6.45) is 4.62. The molecule has 0 bridgehead atoms. The Morgan fingerprint density at radius 1 is 1.11 bits per heavy atom. The minimum atomic E-state index is 0.793. The summed E-state index contributed by atoms with van der Waals surface area (Å²) in [5.41, 5.74) is 2.15. The van der Waals surface area contributed by atoms with Crippen LogP contribution in [0.4, 0.5) is 0 Å². The molecule has 0 saturated carbocycles. The third kappa shape index (κ3) is 1.84. The molecule has 0 saturated heterocycles. The fourth-order valence-corrected chi connectivity index (χ4v) is 1.97. The van der Waals surface area contributed by atoms with Crippen molar-refractivity contribution in [2.45, 2.75) is 13.3 Å². The number of aryl methyl sites for hydroxylation is 1. The molecule has 0 unspecified atom stereocenters. The fourth-order valence-electron chi connectivity index (χ4n) is 1.97. The molecule has 1 aromatic carbocycles. The third-order valence-corrected chi connectivity index (χ3v) is 2.89. The van der Waals surface area contributed by atoms with Gasteiger partial charge in [0.2, 0.25) is 5.88 Å². The van der Waals surface area contributed by atoms with Crippen molar-refractivity contribution in [3.05, 3.63) is 60.6 Å². The molecule has 0 spiro atoms. The number of hydrogen-bond donors (Lipinski definition) is 0. The average Bonchev–Trinajstić information content (AvgIpc) is 3.08. The maximum Gasteiger partial charge on any atom is 0.204 e. The van der Waals surface area contributed by atoms with Gasteiger partial charge in [0.1, 0.15) is 5.82 Å². The molecule has 0 N–H and O–H groups in total. The Kier molecular flexibility index (Phi) is 2.73. The Morgan fingerprint density at radius 2 is 1.94 bits per heavy atom. The van der Waals surface area contributed by atoms with Gasteiger partial charge in [-0.15, -0.1) is 0 Å². The first kappa shape index (κ1) is 10.8. The van der Waals surface area contributed by atoms with Crippen molar-refractivity contribution in [2.24, 2.45) is 0 Å². The van der Waals surface area contributed by atoms with Crippen LogP contribution < -0.4 is 0 Å². The normalized spacial score (nSPS) is 10.7.